The molecule has 0 spiro atoms. The van der Waals surface area contributed by atoms with Gasteiger partial charge in [0.15, 0.2) is 0 Å². The van der Waals surface area contributed by atoms with E-state index in [0.29, 0.717) is 13.2 Å². The van der Waals surface area contributed by atoms with Crippen LogP contribution in [-0.2, 0) is 9.53 Å². The fourth-order valence-electron chi connectivity index (χ4n) is 2.54. The van der Waals surface area contributed by atoms with Crippen LogP contribution < -0.4 is 5.73 Å². The van der Waals surface area contributed by atoms with E-state index in [4.69, 9.17) is 10.5 Å². The first-order chi connectivity index (χ1) is 9.20. The van der Waals surface area contributed by atoms with Gasteiger partial charge in [0, 0.05) is 33.3 Å². The van der Waals surface area contributed by atoms with Crippen molar-refractivity contribution in [1.82, 2.24) is 9.80 Å². The number of carbonyl (C=O) groups excluding carboxylic acids is 1. The highest BCUT2D eigenvalue weighted by atomic mass is 16.5. The van der Waals surface area contributed by atoms with Gasteiger partial charge in [-0.15, -0.1) is 0 Å². The normalized spacial score (nSPS) is 17.8. The minimum absolute atomic E-state index is 0.0696. The Balaban J connectivity index is 2.51. The highest BCUT2D eigenvalue weighted by Crippen LogP contribution is 2.12. The van der Waals surface area contributed by atoms with E-state index in [9.17, 15) is 4.79 Å². The Morgan fingerprint density at radius 3 is 2.58 bits per heavy atom. The summed E-state index contributed by atoms with van der Waals surface area (Å²) in [7, 11) is 1.69. The summed E-state index contributed by atoms with van der Waals surface area (Å²) in [6.45, 7) is 6.80. The fourth-order valence-corrected chi connectivity index (χ4v) is 2.54. The summed E-state index contributed by atoms with van der Waals surface area (Å²) < 4.78 is 5.13. The molecule has 1 saturated heterocycles. The van der Waals surface area contributed by atoms with Crippen molar-refractivity contribution in [3.8, 4) is 0 Å². The molecule has 2 N–H and O–H groups in total. The molecule has 0 aromatic carbocycles. The highest BCUT2D eigenvalue weighted by molar-refractivity contribution is 5.81. The second-order valence-electron chi connectivity index (χ2n) is 5.23. The van der Waals surface area contributed by atoms with Gasteiger partial charge >= 0.3 is 0 Å². The van der Waals surface area contributed by atoms with Crippen LogP contribution in [0, 0.1) is 0 Å². The Kier molecular flexibility index (Phi) is 8.02. The van der Waals surface area contributed by atoms with Gasteiger partial charge in [0.05, 0.1) is 12.6 Å². The lowest BCUT2D eigenvalue weighted by Crippen LogP contribution is -2.50. The standard InChI is InChI=1S/C14H29N3O2/c1-13(14(18)17-8-4-3-5-9-17)16(10-6-7-15)11-12-19-2/h13H,3-12,15H2,1-2H3. The number of methoxy groups -OCH3 is 1. The zero-order chi connectivity index (χ0) is 14.1. The summed E-state index contributed by atoms with van der Waals surface area (Å²) in [5.41, 5.74) is 5.57. The maximum absolute atomic E-state index is 12.5. The largest absolute Gasteiger partial charge is 0.383 e. The van der Waals surface area contributed by atoms with Gasteiger partial charge < -0.3 is 15.4 Å². The van der Waals surface area contributed by atoms with Gasteiger partial charge in [-0.3, -0.25) is 9.69 Å². The molecule has 1 atom stereocenters. The third-order valence-corrected chi connectivity index (χ3v) is 3.80. The number of rotatable bonds is 8. The second-order valence-corrected chi connectivity index (χ2v) is 5.23. The average Bonchev–Trinajstić information content (AvgIpc) is 2.47. The van der Waals surface area contributed by atoms with E-state index in [0.717, 1.165) is 45.4 Å². The summed E-state index contributed by atoms with van der Waals surface area (Å²) in [5.74, 6) is 0.257. The van der Waals surface area contributed by atoms with E-state index in [-0.39, 0.29) is 11.9 Å². The highest BCUT2D eigenvalue weighted by Gasteiger charge is 2.26. The predicted molar refractivity (Wildman–Crippen MR) is 77.0 cm³/mol. The van der Waals surface area contributed by atoms with Crippen molar-refractivity contribution in [2.75, 3.05) is 46.4 Å². The molecule has 1 aliphatic rings. The van der Waals surface area contributed by atoms with Gasteiger partial charge in [0.1, 0.15) is 0 Å². The summed E-state index contributed by atoms with van der Waals surface area (Å²) in [5, 5.41) is 0. The quantitative estimate of drug-likeness (QED) is 0.705. The first-order valence-electron chi connectivity index (χ1n) is 7.42. The molecule has 0 saturated carbocycles. The van der Waals surface area contributed by atoms with Crippen LogP contribution in [0.3, 0.4) is 0 Å². The van der Waals surface area contributed by atoms with Gasteiger partial charge in [0.2, 0.25) is 5.91 Å². The number of nitrogens with zero attached hydrogens (tertiary/aromatic N) is 2. The first kappa shape index (κ1) is 16.4. The van der Waals surface area contributed by atoms with Crippen molar-refractivity contribution >= 4 is 5.91 Å². The van der Waals surface area contributed by atoms with Crippen molar-refractivity contribution in [1.29, 1.82) is 0 Å². The Labute approximate surface area is 117 Å². The number of hydrogen-bond acceptors (Lipinski definition) is 4. The maximum Gasteiger partial charge on any atom is 0.239 e. The van der Waals surface area contributed by atoms with Gasteiger partial charge in [0.25, 0.3) is 0 Å². The second kappa shape index (κ2) is 9.28. The average molecular weight is 271 g/mol. The Morgan fingerprint density at radius 1 is 1.32 bits per heavy atom. The molecule has 1 aliphatic heterocycles. The van der Waals surface area contributed by atoms with Crippen molar-refractivity contribution in [3.05, 3.63) is 0 Å². The molecule has 0 aromatic heterocycles. The van der Waals surface area contributed by atoms with Crippen molar-refractivity contribution in [2.45, 2.75) is 38.6 Å². The lowest BCUT2D eigenvalue weighted by atomic mass is 10.1. The molecule has 5 nitrogen and oxygen atoms in total. The van der Waals surface area contributed by atoms with E-state index < -0.39 is 0 Å². The molecular weight excluding hydrogens is 242 g/mol. The first-order valence-corrected chi connectivity index (χ1v) is 7.42. The van der Waals surface area contributed by atoms with Crippen LogP contribution in [0.4, 0.5) is 0 Å². The molecule has 1 fully saturated rings. The monoisotopic (exact) mass is 271 g/mol. The summed E-state index contributed by atoms with van der Waals surface area (Å²) >= 11 is 0. The third kappa shape index (κ3) is 5.47. The molecule has 0 aromatic rings. The van der Waals surface area contributed by atoms with E-state index in [2.05, 4.69) is 4.90 Å². The Morgan fingerprint density at radius 2 is 2.00 bits per heavy atom. The van der Waals surface area contributed by atoms with E-state index in [1.165, 1.54) is 6.42 Å². The van der Waals surface area contributed by atoms with Crippen LogP contribution in [0.25, 0.3) is 0 Å². The van der Waals surface area contributed by atoms with Crippen molar-refractivity contribution in [2.24, 2.45) is 5.73 Å². The van der Waals surface area contributed by atoms with Crippen LogP contribution in [0.5, 0.6) is 0 Å². The lowest BCUT2D eigenvalue weighted by Gasteiger charge is -2.34. The number of carbonyl (C=O) groups is 1. The molecule has 0 aliphatic carbocycles. The van der Waals surface area contributed by atoms with Gasteiger partial charge in [-0.25, -0.2) is 0 Å². The van der Waals surface area contributed by atoms with Crippen LogP contribution >= 0.6 is 0 Å². The third-order valence-electron chi connectivity index (χ3n) is 3.80. The molecule has 19 heavy (non-hydrogen) atoms. The molecule has 1 rings (SSSR count). The molecule has 0 radical (unpaired) electrons. The number of amides is 1. The fraction of sp³-hybridized carbons (Fsp3) is 0.929. The van der Waals surface area contributed by atoms with Gasteiger partial charge in [-0.05, 0) is 39.2 Å². The molecule has 5 heteroatoms. The van der Waals surface area contributed by atoms with Crippen LogP contribution in [0.15, 0.2) is 0 Å². The van der Waals surface area contributed by atoms with Crippen molar-refractivity contribution in [3.63, 3.8) is 0 Å². The molecular formula is C14H29N3O2. The Bertz CT molecular complexity index is 247. The smallest absolute Gasteiger partial charge is 0.239 e. The van der Waals surface area contributed by atoms with Crippen LogP contribution in [-0.4, -0.2) is 68.2 Å². The molecule has 112 valence electrons. The summed E-state index contributed by atoms with van der Waals surface area (Å²) in [6, 6.07) is -0.0696. The lowest BCUT2D eigenvalue weighted by molar-refractivity contribution is -0.137. The number of piperidine rings is 1. The number of ether oxygens (including phenoxy) is 1. The SMILES string of the molecule is COCCN(CCCN)C(C)C(=O)N1CCCCC1. The minimum atomic E-state index is -0.0696. The van der Waals surface area contributed by atoms with Gasteiger partial charge in [-0.2, -0.15) is 0 Å². The van der Waals surface area contributed by atoms with Crippen LogP contribution in [0.1, 0.15) is 32.6 Å². The van der Waals surface area contributed by atoms with Gasteiger partial charge in [-0.1, -0.05) is 0 Å². The molecule has 1 heterocycles. The molecule has 1 amide bonds. The number of hydrogen-bond donors (Lipinski definition) is 1. The molecule has 1 unspecified atom stereocenters. The summed E-state index contributed by atoms with van der Waals surface area (Å²) in [6.07, 6.45) is 4.44. The minimum Gasteiger partial charge on any atom is -0.383 e. The Hall–Kier alpha value is -0.650. The van der Waals surface area contributed by atoms with E-state index >= 15 is 0 Å². The zero-order valence-corrected chi connectivity index (χ0v) is 12.4. The predicted octanol–water partition coefficient (Wildman–Crippen LogP) is 0.685. The zero-order valence-electron chi connectivity index (χ0n) is 12.4. The number of likely N-dealkylation sites (tertiary alicyclic amines) is 1. The summed E-state index contributed by atoms with van der Waals surface area (Å²) in [4.78, 5) is 16.7. The topological polar surface area (TPSA) is 58.8 Å². The van der Waals surface area contributed by atoms with E-state index in [1.807, 2.05) is 11.8 Å². The maximum atomic E-state index is 12.5. The van der Waals surface area contributed by atoms with Crippen molar-refractivity contribution < 1.29 is 9.53 Å². The number of nitrogens with two attached hydrogens (primary N) is 1. The van der Waals surface area contributed by atoms with Crippen LogP contribution in [0.2, 0.25) is 0 Å². The van der Waals surface area contributed by atoms with E-state index in [1.54, 1.807) is 7.11 Å². The molecule has 0 bridgehead atoms.